The Bertz CT molecular complexity index is 1040. The summed E-state index contributed by atoms with van der Waals surface area (Å²) < 4.78 is 5.31. The molecule has 0 spiro atoms. The summed E-state index contributed by atoms with van der Waals surface area (Å²) in [5.41, 5.74) is 7.72. The van der Waals surface area contributed by atoms with Gasteiger partial charge in [-0.1, -0.05) is 41.9 Å². The normalized spacial score (nSPS) is 17.6. The van der Waals surface area contributed by atoms with E-state index in [0.717, 1.165) is 64.0 Å². The Morgan fingerprint density at radius 3 is 2.42 bits per heavy atom. The van der Waals surface area contributed by atoms with Crippen molar-refractivity contribution in [3.05, 3.63) is 58.6 Å². The van der Waals surface area contributed by atoms with Crippen LogP contribution in [0.3, 0.4) is 0 Å². The number of carbonyl (C=O) groups is 2. The Kier molecular flexibility index (Phi) is 8.93. The number of hydrogen-bond donors (Lipinski definition) is 3. The minimum absolute atomic E-state index is 0.0212. The number of halogens is 1. The summed E-state index contributed by atoms with van der Waals surface area (Å²) in [6.45, 7) is 5.09. The van der Waals surface area contributed by atoms with E-state index in [2.05, 4.69) is 15.5 Å². The Balaban J connectivity index is 1.16. The SMILES string of the molecule is COc1cc(N)c(Cl)cc1C(=O)NC1CCN(CC2CCN(C(=O)NCc3ccccc3)CC2)CC1. The first-order valence-electron chi connectivity index (χ1n) is 12.7. The van der Waals surface area contributed by atoms with Crippen LogP contribution in [0.25, 0.3) is 0 Å². The number of carbonyl (C=O) groups excluding carboxylic acids is 2. The maximum absolute atomic E-state index is 12.8. The topological polar surface area (TPSA) is 99.9 Å². The quantitative estimate of drug-likeness (QED) is 0.490. The van der Waals surface area contributed by atoms with Gasteiger partial charge in [-0.2, -0.15) is 0 Å². The Morgan fingerprint density at radius 1 is 1.06 bits per heavy atom. The molecule has 2 fully saturated rings. The largest absolute Gasteiger partial charge is 0.496 e. The van der Waals surface area contributed by atoms with Crippen molar-refractivity contribution in [3.63, 3.8) is 0 Å². The molecule has 4 N–H and O–H groups in total. The van der Waals surface area contributed by atoms with Gasteiger partial charge in [0.05, 0.1) is 23.4 Å². The van der Waals surface area contributed by atoms with E-state index in [1.165, 1.54) is 7.11 Å². The lowest BCUT2D eigenvalue weighted by Crippen LogP contribution is -2.48. The van der Waals surface area contributed by atoms with Crippen LogP contribution >= 0.6 is 11.6 Å². The van der Waals surface area contributed by atoms with Crippen molar-refractivity contribution in [3.8, 4) is 5.75 Å². The number of rotatable bonds is 7. The van der Waals surface area contributed by atoms with Crippen LogP contribution in [-0.2, 0) is 6.54 Å². The van der Waals surface area contributed by atoms with Gasteiger partial charge in [-0.25, -0.2) is 4.79 Å². The lowest BCUT2D eigenvalue weighted by molar-refractivity contribution is 0.0891. The Hall–Kier alpha value is -2.97. The molecule has 0 bridgehead atoms. The average molecular weight is 514 g/mol. The van der Waals surface area contributed by atoms with Gasteiger partial charge in [0.15, 0.2) is 0 Å². The van der Waals surface area contributed by atoms with Crippen molar-refractivity contribution in [1.29, 1.82) is 0 Å². The number of nitrogen functional groups attached to an aromatic ring is 1. The zero-order valence-electron chi connectivity index (χ0n) is 20.8. The second-order valence-electron chi connectivity index (χ2n) is 9.70. The van der Waals surface area contributed by atoms with Gasteiger partial charge < -0.3 is 30.9 Å². The number of hydrogen-bond acceptors (Lipinski definition) is 5. The predicted octanol–water partition coefficient (Wildman–Crippen LogP) is 3.75. The summed E-state index contributed by atoms with van der Waals surface area (Å²) in [5.74, 6) is 0.826. The highest BCUT2D eigenvalue weighted by Crippen LogP contribution is 2.29. The first kappa shape index (κ1) is 26.1. The van der Waals surface area contributed by atoms with Crippen molar-refractivity contribution < 1.29 is 14.3 Å². The van der Waals surface area contributed by atoms with Gasteiger partial charge in [-0.3, -0.25) is 4.79 Å². The highest BCUT2D eigenvalue weighted by atomic mass is 35.5. The first-order valence-corrected chi connectivity index (χ1v) is 13.0. The van der Waals surface area contributed by atoms with Crippen molar-refractivity contribution in [2.24, 2.45) is 5.92 Å². The molecule has 36 heavy (non-hydrogen) atoms. The average Bonchev–Trinajstić information content (AvgIpc) is 2.90. The summed E-state index contributed by atoms with van der Waals surface area (Å²) >= 11 is 6.12. The monoisotopic (exact) mass is 513 g/mol. The number of nitrogens with two attached hydrogens (primary N) is 1. The molecule has 2 aromatic rings. The third-order valence-corrected chi connectivity index (χ3v) is 7.52. The molecule has 2 heterocycles. The zero-order chi connectivity index (χ0) is 25.5. The van der Waals surface area contributed by atoms with E-state index < -0.39 is 0 Å². The van der Waals surface area contributed by atoms with Crippen LogP contribution in [-0.4, -0.2) is 67.6 Å². The highest BCUT2D eigenvalue weighted by molar-refractivity contribution is 6.33. The maximum atomic E-state index is 12.8. The molecule has 0 unspecified atom stereocenters. The maximum Gasteiger partial charge on any atom is 0.317 e. The minimum atomic E-state index is -0.190. The third kappa shape index (κ3) is 6.83. The van der Waals surface area contributed by atoms with Gasteiger partial charge in [0.1, 0.15) is 5.75 Å². The molecule has 194 valence electrons. The lowest BCUT2D eigenvalue weighted by Gasteiger charge is -2.37. The predicted molar refractivity (Wildman–Crippen MR) is 142 cm³/mol. The molecule has 0 aliphatic carbocycles. The molecule has 2 aliphatic rings. The number of likely N-dealkylation sites (tertiary alicyclic amines) is 2. The smallest absolute Gasteiger partial charge is 0.317 e. The van der Waals surface area contributed by atoms with E-state index in [0.29, 0.717) is 34.5 Å². The minimum Gasteiger partial charge on any atom is -0.496 e. The van der Waals surface area contributed by atoms with Crippen LogP contribution < -0.4 is 21.1 Å². The highest BCUT2D eigenvalue weighted by Gasteiger charge is 2.27. The first-order chi connectivity index (χ1) is 17.4. The molecule has 2 saturated heterocycles. The number of urea groups is 1. The Morgan fingerprint density at radius 2 is 1.75 bits per heavy atom. The number of nitrogens with one attached hydrogen (secondary N) is 2. The van der Waals surface area contributed by atoms with E-state index in [1.54, 1.807) is 12.1 Å². The number of amides is 3. The molecule has 2 aromatic carbocycles. The van der Waals surface area contributed by atoms with Crippen molar-refractivity contribution in [1.82, 2.24) is 20.4 Å². The van der Waals surface area contributed by atoms with Crippen molar-refractivity contribution >= 4 is 29.2 Å². The number of nitrogens with zero attached hydrogens (tertiary/aromatic N) is 2. The van der Waals surface area contributed by atoms with E-state index in [-0.39, 0.29) is 18.0 Å². The van der Waals surface area contributed by atoms with Crippen LogP contribution in [0.1, 0.15) is 41.6 Å². The summed E-state index contributed by atoms with van der Waals surface area (Å²) in [4.78, 5) is 29.8. The van der Waals surface area contributed by atoms with Crippen LogP contribution in [0.4, 0.5) is 10.5 Å². The third-order valence-electron chi connectivity index (χ3n) is 7.19. The Labute approximate surface area is 218 Å². The van der Waals surface area contributed by atoms with E-state index in [4.69, 9.17) is 22.1 Å². The van der Waals surface area contributed by atoms with Gasteiger partial charge >= 0.3 is 6.03 Å². The van der Waals surface area contributed by atoms with E-state index in [9.17, 15) is 9.59 Å². The van der Waals surface area contributed by atoms with Gasteiger partial charge in [0.2, 0.25) is 0 Å². The van der Waals surface area contributed by atoms with Crippen LogP contribution in [0.15, 0.2) is 42.5 Å². The van der Waals surface area contributed by atoms with E-state index >= 15 is 0 Å². The molecule has 2 aliphatic heterocycles. The fourth-order valence-corrected chi connectivity index (χ4v) is 5.17. The zero-order valence-corrected chi connectivity index (χ0v) is 21.6. The van der Waals surface area contributed by atoms with Crippen molar-refractivity contribution in [2.75, 3.05) is 45.6 Å². The number of anilines is 1. The summed E-state index contributed by atoms with van der Waals surface area (Å²) in [6.07, 6.45) is 3.84. The molecule has 0 saturated carbocycles. The second kappa shape index (κ2) is 12.3. The summed E-state index contributed by atoms with van der Waals surface area (Å²) in [7, 11) is 1.51. The molecule has 0 radical (unpaired) electrons. The lowest BCUT2D eigenvalue weighted by atomic mass is 9.95. The van der Waals surface area contributed by atoms with E-state index in [1.807, 2.05) is 35.2 Å². The molecular formula is C27H36ClN5O3. The fourth-order valence-electron chi connectivity index (χ4n) is 5.01. The summed E-state index contributed by atoms with van der Waals surface area (Å²) in [6, 6.07) is 13.3. The molecular weight excluding hydrogens is 478 g/mol. The van der Waals surface area contributed by atoms with Crippen LogP contribution in [0.5, 0.6) is 5.75 Å². The number of ether oxygens (including phenoxy) is 1. The standard InChI is InChI=1S/C27H36ClN5O3/c1-36-25-16-24(29)23(28)15-22(25)26(34)31-21-9-11-32(12-10-21)18-20-7-13-33(14-8-20)27(35)30-17-19-5-3-2-4-6-19/h2-6,15-16,20-21H,7-14,17-18,29H2,1H3,(H,30,35)(H,31,34). The fraction of sp³-hybridized carbons (Fsp3) is 0.481. The number of methoxy groups -OCH3 is 1. The number of piperidine rings is 2. The second-order valence-corrected chi connectivity index (χ2v) is 10.1. The molecule has 0 atom stereocenters. The molecule has 9 heteroatoms. The van der Waals surface area contributed by atoms with Gasteiger partial charge in [-0.05, 0) is 43.2 Å². The molecule has 4 rings (SSSR count). The van der Waals surface area contributed by atoms with Gasteiger partial charge in [0.25, 0.3) is 5.91 Å². The molecule has 3 amide bonds. The molecule has 8 nitrogen and oxygen atoms in total. The van der Waals surface area contributed by atoms with Crippen molar-refractivity contribution in [2.45, 2.75) is 38.3 Å². The molecule has 0 aromatic heterocycles. The van der Waals surface area contributed by atoms with Gasteiger partial charge in [-0.15, -0.1) is 0 Å². The van der Waals surface area contributed by atoms with Gasteiger partial charge in [0, 0.05) is 51.4 Å². The van der Waals surface area contributed by atoms with Crippen LogP contribution in [0.2, 0.25) is 5.02 Å². The van der Waals surface area contributed by atoms with Crippen LogP contribution in [0, 0.1) is 5.92 Å². The number of benzene rings is 2. The summed E-state index contributed by atoms with van der Waals surface area (Å²) in [5, 5.41) is 6.50.